The predicted molar refractivity (Wildman–Crippen MR) is 108 cm³/mol. The first-order chi connectivity index (χ1) is 13.9. The molecule has 1 aliphatic heterocycles. The Morgan fingerprint density at radius 3 is 2.52 bits per heavy atom. The van der Waals surface area contributed by atoms with E-state index >= 15 is 0 Å². The van der Waals surface area contributed by atoms with Crippen molar-refractivity contribution in [2.75, 3.05) is 0 Å². The average Bonchev–Trinajstić information content (AvgIpc) is 3.31. The number of cyclic esters (lactones) is 1. The van der Waals surface area contributed by atoms with Crippen LogP contribution in [0, 0.1) is 10.1 Å². The van der Waals surface area contributed by atoms with Crippen LogP contribution < -0.4 is 0 Å². The number of nitrogens with zero attached hydrogens (tertiary/aromatic N) is 2. The Bertz CT molecular complexity index is 1200. The zero-order chi connectivity index (χ0) is 20.5. The molecule has 1 aromatic heterocycles. The molecule has 0 bridgehead atoms. The summed E-state index contributed by atoms with van der Waals surface area (Å²) in [6.45, 7) is 0. The highest BCUT2D eigenvalue weighted by atomic mass is 35.5. The highest BCUT2D eigenvalue weighted by molar-refractivity contribution is 6.36. The number of esters is 1. The lowest BCUT2D eigenvalue weighted by Crippen LogP contribution is -2.06. The SMILES string of the molecule is O=C1OC(c2cc(Cl)ccc2Cl)=NC1=Cc1ccc(-c2ccc([N+](=O)[O-])cc2)o1. The standard InChI is InChI=1S/C20H10Cl2N2O5/c21-12-3-7-16(22)15(9-12)19-23-17(20(25)29-19)10-14-6-8-18(28-14)11-1-4-13(5-2-11)24(26)27/h1-10H. The van der Waals surface area contributed by atoms with Crippen LogP contribution in [-0.2, 0) is 9.53 Å². The van der Waals surface area contributed by atoms with E-state index < -0.39 is 10.9 Å². The Labute approximate surface area is 174 Å². The number of hydrogen-bond donors (Lipinski definition) is 0. The monoisotopic (exact) mass is 428 g/mol. The zero-order valence-electron chi connectivity index (χ0n) is 14.5. The van der Waals surface area contributed by atoms with Crippen molar-refractivity contribution in [1.82, 2.24) is 0 Å². The van der Waals surface area contributed by atoms with Crippen LogP contribution >= 0.6 is 23.2 Å². The molecule has 7 nitrogen and oxygen atoms in total. The number of rotatable bonds is 4. The quantitative estimate of drug-likeness (QED) is 0.236. The molecule has 0 fully saturated rings. The molecule has 0 radical (unpaired) electrons. The topological polar surface area (TPSA) is 94.9 Å². The van der Waals surface area contributed by atoms with Crippen molar-refractivity contribution in [3.63, 3.8) is 0 Å². The normalized spacial score (nSPS) is 14.8. The molecule has 2 aromatic carbocycles. The fraction of sp³-hybridized carbons (Fsp3) is 0. The summed E-state index contributed by atoms with van der Waals surface area (Å²) in [5.74, 6) is 0.257. The van der Waals surface area contributed by atoms with Crippen LogP contribution in [0.5, 0.6) is 0 Å². The van der Waals surface area contributed by atoms with E-state index in [9.17, 15) is 14.9 Å². The van der Waals surface area contributed by atoms with Crippen molar-refractivity contribution >= 4 is 46.8 Å². The third-order valence-electron chi connectivity index (χ3n) is 4.05. The lowest BCUT2D eigenvalue weighted by atomic mass is 10.1. The molecule has 0 saturated heterocycles. The Morgan fingerprint density at radius 2 is 1.79 bits per heavy atom. The summed E-state index contributed by atoms with van der Waals surface area (Å²) in [5, 5.41) is 11.5. The summed E-state index contributed by atoms with van der Waals surface area (Å²) >= 11 is 12.1. The molecule has 4 rings (SSSR count). The molecule has 0 N–H and O–H groups in total. The molecule has 0 unspecified atom stereocenters. The number of furan rings is 1. The Kier molecular flexibility index (Phi) is 4.92. The van der Waals surface area contributed by atoms with Gasteiger partial charge in [0.1, 0.15) is 11.5 Å². The van der Waals surface area contributed by atoms with Gasteiger partial charge in [-0.2, -0.15) is 0 Å². The fourth-order valence-corrected chi connectivity index (χ4v) is 3.02. The number of hydrogen-bond acceptors (Lipinski definition) is 6. The number of carbonyl (C=O) groups is 1. The first-order valence-corrected chi connectivity index (χ1v) is 8.99. The highest BCUT2D eigenvalue weighted by Crippen LogP contribution is 2.28. The molecule has 0 atom stereocenters. The van der Waals surface area contributed by atoms with Gasteiger partial charge in [-0.15, -0.1) is 0 Å². The molecule has 9 heteroatoms. The summed E-state index contributed by atoms with van der Waals surface area (Å²) in [7, 11) is 0. The number of carbonyl (C=O) groups excluding carboxylic acids is 1. The molecule has 0 saturated carbocycles. The number of nitro groups is 1. The van der Waals surface area contributed by atoms with E-state index in [2.05, 4.69) is 4.99 Å². The first kappa shape index (κ1) is 18.9. The van der Waals surface area contributed by atoms with E-state index in [-0.39, 0.29) is 17.3 Å². The van der Waals surface area contributed by atoms with E-state index in [1.54, 1.807) is 42.5 Å². The van der Waals surface area contributed by atoms with Crippen molar-refractivity contribution < 1.29 is 18.9 Å². The van der Waals surface area contributed by atoms with E-state index in [4.69, 9.17) is 32.4 Å². The number of nitro benzene ring substituents is 1. The summed E-state index contributed by atoms with van der Waals surface area (Å²) in [6.07, 6.45) is 1.43. The first-order valence-electron chi connectivity index (χ1n) is 8.23. The van der Waals surface area contributed by atoms with E-state index in [1.165, 1.54) is 18.2 Å². The van der Waals surface area contributed by atoms with Crippen molar-refractivity contribution in [1.29, 1.82) is 0 Å². The fourth-order valence-electron chi connectivity index (χ4n) is 2.65. The smallest absolute Gasteiger partial charge is 0.363 e. The number of aliphatic imine (C=N–C) groups is 1. The van der Waals surface area contributed by atoms with E-state index in [0.29, 0.717) is 32.7 Å². The van der Waals surface area contributed by atoms with Gasteiger partial charge < -0.3 is 9.15 Å². The van der Waals surface area contributed by atoms with Crippen molar-refractivity contribution in [2.45, 2.75) is 0 Å². The largest absolute Gasteiger partial charge is 0.457 e. The molecule has 3 aromatic rings. The van der Waals surface area contributed by atoms with Crippen LogP contribution in [0.2, 0.25) is 10.0 Å². The molecule has 2 heterocycles. The Morgan fingerprint density at radius 1 is 1.03 bits per heavy atom. The minimum Gasteiger partial charge on any atom is -0.457 e. The minimum atomic E-state index is -0.649. The van der Waals surface area contributed by atoms with Crippen molar-refractivity contribution in [3.8, 4) is 11.3 Å². The van der Waals surface area contributed by atoms with Crippen LogP contribution in [0.3, 0.4) is 0 Å². The zero-order valence-corrected chi connectivity index (χ0v) is 16.0. The van der Waals surface area contributed by atoms with E-state index in [1.807, 2.05) is 0 Å². The van der Waals surface area contributed by atoms with Gasteiger partial charge in [0.2, 0.25) is 5.90 Å². The Balaban J connectivity index is 1.61. The molecule has 29 heavy (non-hydrogen) atoms. The summed E-state index contributed by atoms with van der Waals surface area (Å²) < 4.78 is 10.9. The van der Waals surface area contributed by atoms with Gasteiger partial charge >= 0.3 is 5.97 Å². The minimum absolute atomic E-state index is 0.0158. The van der Waals surface area contributed by atoms with Crippen LogP contribution in [-0.4, -0.2) is 16.8 Å². The van der Waals surface area contributed by atoms with Crippen LogP contribution in [0.4, 0.5) is 5.69 Å². The average molecular weight is 429 g/mol. The van der Waals surface area contributed by atoms with Gasteiger partial charge in [-0.1, -0.05) is 23.2 Å². The molecule has 1 aliphatic rings. The summed E-state index contributed by atoms with van der Waals surface area (Å²) in [4.78, 5) is 26.6. The van der Waals surface area contributed by atoms with Crippen molar-refractivity contribution in [3.05, 3.63) is 91.8 Å². The summed E-state index contributed by atoms with van der Waals surface area (Å²) in [6, 6.07) is 14.0. The number of ether oxygens (including phenoxy) is 1. The molecular formula is C20H10Cl2N2O5. The number of non-ortho nitro benzene ring substituents is 1. The lowest BCUT2D eigenvalue weighted by Gasteiger charge is -2.02. The van der Waals surface area contributed by atoms with Gasteiger partial charge in [-0.25, -0.2) is 9.79 Å². The molecule has 0 spiro atoms. The third-order valence-corrected chi connectivity index (χ3v) is 4.61. The predicted octanol–water partition coefficient (Wildman–Crippen LogP) is 5.51. The number of halogens is 2. The van der Waals surface area contributed by atoms with Gasteiger partial charge in [-0.05, 0) is 42.5 Å². The maximum Gasteiger partial charge on any atom is 0.363 e. The van der Waals surface area contributed by atoms with Crippen LogP contribution in [0.25, 0.3) is 17.4 Å². The third kappa shape index (κ3) is 3.91. The van der Waals surface area contributed by atoms with Crippen LogP contribution in [0.1, 0.15) is 11.3 Å². The lowest BCUT2D eigenvalue weighted by molar-refractivity contribution is -0.384. The van der Waals surface area contributed by atoms with Gasteiger partial charge in [-0.3, -0.25) is 10.1 Å². The second kappa shape index (κ2) is 7.54. The second-order valence-electron chi connectivity index (χ2n) is 5.97. The molecule has 0 amide bonds. The van der Waals surface area contributed by atoms with Gasteiger partial charge in [0, 0.05) is 28.8 Å². The summed E-state index contributed by atoms with van der Waals surface area (Å²) in [5.41, 5.74) is 1.09. The van der Waals surface area contributed by atoms with Gasteiger partial charge in [0.25, 0.3) is 5.69 Å². The van der Waals surface area contributed by atoms with Gasteiger partial charge in [0.05, 0.1) is 15.5 Å². The molecular weight excluding hydrogens is 419 g/mol. The van der Waals surface area contributed by atoms with Crippen molar-refractivity contribution in [2.24, 2.45) is 4.99 Å². The van der Waals surface area contributed by atoms with E-state index in [0.717, 1.165) is 0 Å². The highest BCUT2D eigenvalue weighted by Gasteiger charge is 2.26. The molecule has 0 aliphatic carbocycles. The Hall–Kier alpha value is -3.42. The molecule has 144 valence electrons. The van der Waals surface area contributed by atoms with Crippen LogP contribution in [0.15, 0.2) is 69.7 Å². The maximum absolute atomic E-state index is 12.2. The van der Waals surface area contributed by atoms with Gasteiger partial charge in [0.15, 0.2) is 5.70 Å². The second-order valence-corrected chi connectivity index (χ2v) is 6.81. The number of benzene rings is 2. The maximum atomic E-state index is 12.2.